The van der Waals surface area contributed by atoms with E-state index in [1.54, 1.807) is 32.0 Å². The fourth-order valence-corrected chi connectivity index (χ4v) is 2.70. The maximum absolute atomic E-state index is 12.5. The number of carbonyl (C=O) groups excluding carboxylic acids is 3. The molecule has 0 fully saturated rings. The van der Waals surface area contributed by atoms with Crippen molar-refractivity contribution in [1.29, 1.82) is 0 Å². The molecular weight excluding hydrogens is 360 g/mol. The fraction of sp³-hybridized carbons (Fsp3) is 0.500. The predicted octanol–water partition coefficient (Wildman–Crippen LogP) is 1.71. The Morgan fingerprint density at radius 1 is 1.15 bits per heavy atom. The number of rotatable bonds is 8. The standard InChI is InChI=1S/C18H25ClN2O5/c1-10(2)16(20-11(3)22)17(23)21-14(18(24)26-5)9-12-6-7-15(25-4)13(19)8-12/h6-8,10,14,16H,9H2,1-5H3,(H,20,22)(H,21,23)/t14-,16+/m0/s1. The van der Waals surface area contributed by atoms with Gasteiger partial charge < -0.3 is 20.1 Å². The van der Waals surface area contributed by atoms with Crippen LogP contribution in [0.2, 0.25) is 5.02 Å². The maximum atomic E-state index is 12.5. The van der Waals surface area contributed by atoms with E-state index >= 15 is 0 Å². The lowest BCUT2D eigenvalue weighted by atomic mass is 10.0. The second kappa shape index (κ2) is 10.0. The van der Waals surface area contributed by atoms with Gasteiger partial charge in [0.2, 0.25) is 11.8 Å². The van der Waals surface area contributed by atoms with Gasteiger partial charge in [0.05, 0.1) is 19.2 Å². The Kier molecular flexibility index (Phi) is 8.38. The molecule has 0 aliphatic rings. The van der Waals surface area contributed by atoms with Gasteiger partial charge in [0, 0.05) is 13.3 Å². The SMILES string of the molecule is COC(=O)[C@H](Cc1ccc(OC)c(Cl)c1)NC(=O)[C@H](NC(C)=O)C(C)C. The molecule has 0 aromatic heterocycles. The quantitative estimate of drug-likeness (QED) is 0.665. The lowest BCUT2D eigenvalue weighted by Crippen LogP contribution is -2.54. The van der Waals surface area contributed by atoms with Crippen LogP contribution in [0.15, 0.2) is 18.2 Å². The molecule has 0 bridgehead atoms. The Morgan fingerprint density at radius 3 is 2.27 bits per heavy atom. The highest BCUT2D eigenvalue weighted by Gasteiger charge is 2.28. The number of hydrogen-bond acceptors (Lipinski definition) is 5. The molecule has 2 amide bonds. The summed E-state index contributed by atoms with van der Waals surface area (Å²) in [6.45, 7) is 4.94. The molecule has 1 aromatic carbocycles. The molecule has 144 valence electrons. The average molecular weight is 385 g/mol. The summed E-state index contributed by atoms with van der Waals surface area (Å²) in [6.07, 6.45) is 0.188. The summed E-state index contributed by atoms with van der Waals surface area (Å²) in [6, 6.07) is 3.44. The number of hydrogen-bond donors (Lipinski definition) is 2. The Labute approximate surface area is 158 Å². The number of methoxy groups -OCH3 is 2. The minimum absolute atomic E-state index is 0.146. The van der Waals surface area contributed by atoms with Crippen molar-refractivity contribution in [2.24, 2.45) is 5.92 Å². The molecular formula is C18H25ClN2O5. The van der Waals surface area contributed by atoms with Crippen molar-refractivity contribution in [3.8, 4) is 5.75 Å². The van der Waals surface area contributed by atoms with Crippen molar-refractivity contribution >= 4 is 29.4 Å². The van der Waals surface area contributed by atoms with Crippen LogP contribution in [0, 0.1) is 5.92 Å². The number of amides is 2. The van der Waals surface area contributed by atoms with E-state index in [4.69, 9.17) is 21.1 Å². The third-order valence-electron chi connectivity index (χ3n) is 3.77. The van der Waals surface area contributed by atoms with E-state index in [2.05, 4.69) is 10.6 Å². The highest BCUT2D eigenvalue weighted by Crippen LogP contribution is 2.25. The summed E-state index contributed by atoms with van der Waals surface area (Å²) in [4.78, 5) is 35.9. The number of carbonyl (C=O) groups is 3. The third-order valence-corrected chi connectivity index (χ3v) is 4.06. The molecule has 2 atom stereocenters. The van der Waals surface area contributed by atoms with Gasteiger partial charge in [-0.15, -0.1) is 0 Å². The van der Waals surface area contributed by atoms with Crippen LogP contribution in [-0.2, 0) is 25.5 Å². The van der Waals surface area contributed by atoms with Crippen molar-refractivity contribution in [2.45, 2.75) is 39.3 Å². The van der Waals surface area contributed by atoms with Gasteiger partial charge in [-0.05, 0) is 23.6 Å². The van der Waals surface area contributed by atoms with Crippen molar-refractivity contribution < 1.29 is 23.9 Å². The number of nitrogens with one attached hydrogen (secondary N) is 2. The minimum Gasteiger partial charge on any atom is -0.495 e. The normalized spacial score (nSPS) is 12.9. The van der Waals surface area contributed by atoms with Gasteiger partial charge in [-0.25, -0.2) is 4.79 Å². The molecule has 8 heteroatoms. The van der Waals surface area contributed by atoms with Gasteiger partial charge in [-0.2, -0.15) is 0 Å². The van der Waals surface area contributed by atoms with E-state index in [9.17, 15) is 14.4 Å². The summed E-state index contributed by atoms with van der Waals surface area (Å²) in [5.41, 5.74) is 0.729. The van der Waals surface area contributed by atoms with Crippen molar-refractivity contribution in [3.05, 3.63) is 28.8 Å². The van der Waals surface area contributed by atoms with Gasteiger partial charge >= 0.3 is 5.97 Å². The monoisotopic (exact) mass is 384 g/mol. The number of ether oxygens (including phenoxy) is 2. The fourth-order valence-electron chi connectivity index (χ4n) is 2.42. The lowest BCUT2D eigenvalue weighted by molar-refractivity contribution is -0.145. The predicted molar refractivity (Wildman–Crippen MR) is 98.1 cm³/mol. The molecule has 2 N–H and O–H groups in total. The molecule has 1 rings (SSSR count). The lowest BCUT2D eigenvalue weighted by Gasteiger charge is -2.24. The van der Waals surface area contributed by atoms with E-state index in [0.717, 1.165) is 5.56 Å². The van der Waals surface area contributed by atoms with Gasteiger partial charge in [-0.1, -0.05) is 31.5 Å². The molecule has 0 aliphatic carbocycles. The zero-order valence-electron chi connectivity index (χ0n) is 15.6. The second-order valence-corrected chi connectivity index (χ2v) is 6.59. The van der Waals surface area contributed by atoms with Crippen LogP contribution in [0.4, 0.5) is 0 Å². The molecule has 1 aromatic rings. The van der Waals surface area contributed by atoms with Crippen molar-refractivity contribution in [3.63, 3.8) is 0 Å². The molecule has 26 heavy (non-hydrogen) atoms. The van der Waals surface area contributed by atoms with E-state index in [0.29, 0.717) is 10.8 Å². The van der Waals surface area contributed by atoms with E-state index in [1.807, 2.05) is 0 Å². The Bertz CT molecular complexity index is 663. The van der Waals surface area contributed by atoms with Crippen LogP contribution in [0.5, 0.6) is 5.75 Å². The van der Waals surface area contributed by atoms with E-state index in [1.165, 1.54) is 21.1 Å². The summed E-state index contributed by atoms with van der Waals surface area (Å²) < 4.78 is 9.88. The Morgan fingerprint density at radius 2 is 1.81 bits per heavy atom. The number of halogens is 1. The van der Waals surface area contributed by atoms with Crippen molar-refractivity contribution in [1.82, 2.24) is 10.6 Å². The molecule has 0 unspecified atom stereocenters. The zero-order valence-corrected chi connectivity index (χ0v) is 16.3. The Hall–Kier alpha value is -2.28. The highest BCUT2D eigenvalue weighted by molar-refractivity contribution is 6.32. The first kappa shape index (κ1) is 21.8. The van der Waals surface area contributed by atoms with Crippen LogP contribution < -0.4 is 15.4 Å². The summed E-state index contributed by atoms with van der Waals surface area (Å²) in [5, 5.41) is 5.64. The number of benzene rings is 1. The van der Waals surface area contributed by atoms with Gasteiger partial charge in [0.1, 0.15) is 17.8 Å². The van der Waals surface area contributed by atoms with E-state index < -0.39 is 24.0 Å². The molecule has 7 nitrogen and oxygen atoms in total. The first-order chi connectivity index (χ1) is 12.2. The topological polar surface area (TPSA) is 93.7 Å². The third kappa shape index (κ3) is 6.22. The molecule has 0 radical (unpaired) electrons. The van der Waals surface area contributed by atoms with Crippen LogP contribution in [0.3, 0.4) is 0 Å². The number of esters is 1. The molecule has 0 spiro atoms. The maximum Gasteiger partial charge on any atom is 0.328 e. The van der Waals surface area contributed by atoms with Crippen LogP contribution in [0.1, 0.15) is 26.3 Å². The second-order valence-electron chi connectivity index (χ2n) is 6.18. The zero-order chi connectivity index (χ0) is 19.9. The van der Waals surface area contributed by atoms with Crippen LogP contribution in [0.25, 0.3) is 0 Å². The summed E-state index contributed by atoms with van der Waals surface area (Å²) >= 11 is 6.11. The minimum atomic E-state index is -0.910. The van der Waals surface area contributed by atoms with Gasteiger partial charge in [-0.3, -0.25) is 9.59 Å². The summed E-state index contributed by atoms with van der Waals surface area (Å²) in [5.74, 6) is -0.997. The highest BCUT2D eigenvalue weighted by atomic mass is 35.5. The molecule has 0 heterocycles. The molecule has 0 saturated heterocycles. The van der Waals surface area contributed by atoms with Crippen molar-refractivity contribution in [2.75, 3.05) is 14.2 Å². The average Bonchev–Trinajstić information content (AvgIpc) is 2.58. The first-order valence-corrected chi connectivity index (χ1v) is 8.55. The summed E-state index contributed by atoms with van der Waals surface area (Å²) in [7, 11) is 2.75. The molecule has 0 saturated carbocycles. The van der Waals surface area contributed by atoms with E-state index in [-0.39, 0.29) is 18.2 Å². The van der Waals surface area contributed by atoms with Crippen LogP contribution in [-0.4, -0.2) is 44.1 Å². The Balaban J connectivity index is 2.96. The van der Waals surface area contributed by atoms with Gasteiger partial charge in [0.15, 0.2) is 0 Å². The smallest absolute Gasteiger partial charge is 0.328 e. The van der Waals surface area contributed by atoms with Crippen LogP contribution >= 0.6 is 11.6 Å². The largest absolute Gasteiger partial charge is 0.495 e. The first-order valence-electron chi connectivity index (χ1n) is 8.17. The van der Waals surface area contributed by atoms with Gasteiger partial charge in [0.25, 0.3) is 0 Å². The molecule has 0 aliphatic heterocycles.